The maximum atomic E-state index is 13.4. The number of carbonyl (C=O) groups excluding carboxylic acids is 1. The SMILES string of the molecule is CCC(C)N(C)CCC(=O)c1ccccc1F. The fourth-order valence-electron chi connectivity index (χ4n) is 1.63. The average molecular weight is 237 g/mol. The molecule has 94 valence electrons. The Hall–Kier alpha value is -1.22. The Bertz CT molecular complexity index is 378. The fourth-order valence-corrected chi connectivity index (χ4v) is 1.63. The first-order valence-electron chi connectivity index (χ1n) is 6.04. The molecule has 0 amide bonds. The molecular formula is C14H20FNO. The summed E-state index contributed by atoms with van der Waals surface area (Å²) < 4.78 is 13.4. The largest absolute Gasteiger partial charge is 0.303 e. The van der Waals surface area contributed by atoms with Gasteiger partial charge in [0.25, 0.3) is 0 Å². The highest BCUT2D eigenvalue weighted by Gasteiger charge is 2.13. The van der Waals surface area contributed by atoms with Crippen molar-refractivity contribution in [2.24, 2.45) is 0 Å². The first-order valence-corrected chi connectivity index (χ1v) is 6.04. The molecule has 17 heavy (non-hydrogen) atoms. The molecule has 0 N–H and O–H groups in total. The third-order valence-corrected chi connectivity index (χ3v) is 3.21. The highest BCUT2D eigenvalue weighted by Crippen LogP contribution is 2.10. The Kier molecular flexibility index (Phi) is 5.29. The molecule has 1 unspecified atom stereocenters. The van der Waals surface area contributed by atoms with Gasteiger partial charge in [0.1, 0.15) is 5.82 Å². The molecule has 3 heteroatoms. The first-order chi connectivity index (χ1) is 8.06. The van der Waals surface area contributed by atoms with Crippen LogP contribution in [0.15, 0.2) is 24.3 Å². The van der Waals surface area contributed by atoms with Crippen molar-refractivity contribution in [3.63, 3.8) is 0 Å². The second-order valence-corrected chi connectivity index (χ2v) is 4.39. The zero-order chi connectivity index (χ0) is 12.8. The van der Waals surface area contributed by atoms with E-state index in [1.165, 1.54) is 6.07 Å². The minimum atomic E-state index is -0.427. The molecule has 0 saturated heterocycles. The summed E-state index contributed by atoms with van der Waals surface area (Å²) in [6.07, 6.45) is 1.41. The molecular weight excluding hydrogens is 217 g/mol. The van der Waals surface area contributed by atoms with Gasteiger partial charge < -0.3 is 4.90 Å². The van der Waals surface area contributed by atoms with Crippen LogP contribution in [0.5, 0.6) is 0 Å². The predicted octanol–water partition coefficient (Wildman–Crippen LogP) is 3.13. The van der Waals surface area contributed by atoms with Crippen LogP contribution in [0.1, 0.15) is 37.0 Å². The summed E-state index contributed by atoms with van der Waals surface area (Å²) in [5.74, 6) is -0.554. The maximum Gasteiger partial charge on any atom is 0.167 e. The lowest BCUT2D eigenvalue weighted by molar-refractivity contribution is 0.0958. The van der Waals surface area contributed by atoms with Crippen LogP contribution in [0.25, 0.3) is 0 Å². The molecule has 2 nitrogen and oxygen atoms in total. The molecule has 0 aliphatic carbocycles. The minimum absolute atomic E-state index is 0.127. The highest BCUT2D eigenvalue weighted by molar-refractivity contribution is 5.96. The van der Waals surface area contributed by atoms with Gasteiger partial charge in [-0.2, -0.15) is 0 Å². The summed E-state index contributed by atoms with van der Waals surface area (Å²) in [4.78, 5) is 13.9. The van der Waals surface area contributed by atoms with E-state index in [2.05, 4.69) is 18.7 Å². The lowest BCUT2D eigenvalue weighted by atomic mass is 10.1. The predicted molar refractivity (Wildman–Crippen MR) is 67.7 cm³/mol. The quantitative estimate of drug-likeness (QED) is 0.708. The van der Waals surface area contributed by atoms with Gasteiger partial charge in [-0.1, -0.05) is 19.1 Å². The van der Waals surface area contributed by atoms with Crippen molar-refractivity contribution < 1.29 is 9.18 Å². The topological polar surface area (TPSA) is 20.3 Å². The van der Waals surface area contributed by atoms with E-state index in [-0.39, 0.29) is 11.3 Å². The molecule has 0 bridgehead atoms. The van der Waals surface area contributed by atoms with E-state index in [0.29, 0.717) is 19.0 Å². The first kappa shape index (κ1) is 13.8. The van der Waals surface area contributed by atoms with Crippen LogP contribution in [0.3, 0.4) is 0 Å². The van der Waals surface area contributed by atoms with Gasteiger partial charge >= 0.3 is 0 Å². The van der Waals surface area contributed by atoms with E-state index < -0.39 is 5.82 Å². The van der Waals surface area contributed by atoms with Gasteiger partial charge in [-0.25, -0.2) is 4.39 Å². The zero-order valence-electron chi connectivity index (χ0n) is 10.7. The average Bonchev–Trinajstić information content (AvgIpc) is 2.35. The molecule has 1 atom stereocenters. The van der Waals surface area contributed by atoms with Gasteiger partial charge in [0, 0.05) is 19.0 Å². The van der Waals surface area contributed by atoms with Crippen LogP contribution in [0.2, 0.25) is 0 Å². The zero-order valence-corrected chi connectivity index (χ0v) is 10.7. The van der Waals surface area contributed by atoms with Crippen molar-refractivity contribution in [2.45, 2.75) is 32.7 Å². The van der Waals surface area contributed by atoms with Crippen molar-refractivity contribution in [2.75, 3.05) is 13.6 Å². The van der Waals surface area contributed by atoms with Crippen LogP contribution < -0.4 is 0 Å². The number of benzene rings is 1. The van der Waals surface area contributed by atoms with Crippen LogP contribution >= 0.6 is 0 Å². The van der Waals surface area contributed by atoms with E-state index >= 15 is 0 Å². The van der Waals surface area contributed by atoms with Crippen LogP contribution in [0.4, 0.5) is 4.39 Å². The summed E-state index contributed by atoms with van der Waals surface area (Å²) in [5, 5.41) is 0. The Morgan fingerprint density at radius 3 is 2.65 bits per heavy atom. The molecule has 0 fully saturated rings. The molecule has 1 rings (SSSR count). The number of carbonyl (C=O) groups is 1. The highest BCUT2D eigenvalue weighted by atomic mass is 19.1. The van der Waals surface area contributed by atoms with E-state index in [1.807, 2.05) is 7.05 Å². The van der Waals surface area contributed by atoms with Crippen molar-refractivity contribution >= 4 is 5.78 Å². The summed E-state index contributed by atoms with van der Waals surface area (Å²) >= 11 is 0. The van der Waals surface area contributed by atoms with Crippen LogP contribution in [-0.4, -0.2) is 30.3 Å². The molecule has 0 radical (unpaired) electrons. The molecule has 0 saturated carbocycles. The van der Waals surface area contributed by atoms with Crippen molar-refractivity contribution in [3.8, 4) is 0 Å². The number of rotatable bonds is 6. The van der Waals surface area contributed by atoms with Crippen molar-refractivity contribution in [3.05, 3.63) is 35.6 Å². The molecule has 0 spiro atoms. The van der Waals surface area contributed by atoms with Gasteiger partial charge in [0.2, 0.25) is 0 Å². The van der Waals surface area contributed by atoms with Crippen molar-refractivity contribution in [1.82, 2.24) is 4.90 Å². The second-order valence-electron chi connectivity index (χ2n) is 4.39. The van der Waals surface area contributed by atoms with E-state index in [0.717, 1.165) is 6.42 Å². The Balaban J connectivity index is 2.54. The summed E-state index contributed by atoms with van der Waals surface area (Å²) in [5.41, 5.74) is 0.199. The lowest BCUT2D eigenvalue weighted by Crippen LogP contribution is -2.30. The standard InChI is InChI=1S/C14H20FNO/c1-4-11(2)16(3)10-9-14(17)12-7-5-6-8-13(12)15/h5-8,11H,4,9-10H2,1-3H3. The van der Waals surface area contributed by atoms with E-state index in [1.54, 1.807) is 18.2 Å². The molecule has 0 aliphatic rings. The maximum absolute atomic E-state index is 13.4. The van der Waals surface area contributed by atoms with Gasteiger partial charge in [-0.15, -0.1) is 0 Å². The number of hydrogen-bond acceptors (Lipinski definition) is 2. The summed E-state index contributed by atoms with van der Waals surface area (Å²) in [6.45, 7) is 4.90. The third kappa shape index (κ3) is 3.93. The Labute approximate surface area is 102 Å². The molecule has 1 aromatic rings. The van der Waals surface area contributed by atoms with Gasteiger partial charge in [-0.05, 0) is 32.5 Å². The number of halogens is 1. The Morgan fingerprint density at radius 2 is 2.06 bits per heavy atom. The van der Waals surface area contributed by atoms with Crippen molar-refractivity contribution in [1.29, 1.82) is 0 Å². The van der Waals surface area contributed by atoms with Gasteiger partial charge in [0.15, 0.2) is 5.78 Å². The van der Waals surface area contributed by atoms with Gasteiger partial charge in [-0.3, -0.25) is 4.79 Å². The van der Waals surface area contributed by atoms with Gasteiger partial charge in [0.05, 0.1) is 5.56 Å². The van der Waals surface area contributed by atoms with Crippen LogP contribution in [-0.2, 0) is 0 Å². The second kappa shape index (κ2) is 6.50. The number of Topliss-reactive ketones (excluding diaryl/α,β-unsaturated/α-hetero) is 1. The lowest BCUT2D eigenvalue weighted by Gasteiger charge is -2.22. The summed E-state index contributed by atoms with van der Waals surface area (Å²) in [7, 11) is 1.99. The third-order valence-electron chi connectivity index (χ3n) is 3.21. The Morgan fingerprint density at radius 1 is 1.41 bits per heavy atom. The molecule has 1 aromatic carbocycles. The molecule has 0 aromatic heterocycles. The monoisotopic (exact) mass is 237 g/mol. The number of ketones is 1. The molecule has 0 heterocycles. The fraction of sp³-hybridized carbons (Fsp3) is 0.500. The molecule has 0 aliphatic heterocycles. The number of nitrogens with zero attached hydrogens (tertiary/aromatic N) is 1. The van der Waals surface area contributed by atoms with Crippen LogP contribution in [0, 0.1) is 5.82 Å². The normalized spacial score (nSPS) is 12.8. The van der Waals surface area contributed by atoms with E-state index in [4.69, 9.17) is 0 Å². The number of hydrogen-bond donors (Lipinski definition) is 0. The summed E-state index contributed by atoms with van der Waals surface area (Å²) in [6, 6.07) is 6.60. The minimum Gasteiger partial charge on any atom is -0.303 e. The smallest absolute Gasteiger partial charge is 0.167 e. The van der Waals surface area contributed by atoms with E-state index in [9.17, 15) is 9.18 Å².